The van der Waals surface area contributed by atoms with Gasteiger partial charge in [0.05, 0.1) is 22.6 Å². The number of rotatable bonds is 9. The molecule has 0 aliphatic carbocycles. The van der Waals surface area contributed by atoms with Gasteiger partial charge in [0.15, 0.2) is 5.82 Å². The van der Waals surface area contributed by atoms with Crippen LogP contribution in [0, 0.1) is 39.9 Å². The SMILES string of the molecule is CC(C)[C@H](N)C(=O)OC[C@@H]1O[C@@](C#N)(c2ccc3c(N)ncnn23)[C@@H](C(C)(C)C(=O)O)[C@@H]1C(C)(C)C(=O)O. The Hall–Kier alpha value is -3.76. The molecule has 1 saturated heterocycles. The van der Waals surface area contributed by atoms with Crippen molar-refractivity contribution in [2.45, 2.75) is 59.3 Å². The van der Waals surface area contributed by atoms with Crippen LogP contribution in [0.3, 0.4) is 0 Å². The fourth-order valence-corrected chi connectivity index (χ4v) is 5.24. The summed E-state index contributed by atoms with van der Waals surface area (Å²) in [4.78, 5) is 41.7. The predicted octanol–water partition coefficient (Wildman–Crippen LogP) is 1.41. The normalized spacial score (nSPS) is 24.8. The van der Waals surface area contributed by atoms with E-state index in [1.54, 1.807) is 19.9 Å². The van der Waals surface area contributed by atoms with Gasteiger partial charge in [0.1, 0.15) is 30.6 Å². The summed E-state index contributed by atoms with van der Waals surface area (Å²) in [5.41, 5.74) is 7.05. The highest BCUT2D eigenvalue weighted by Gasteiger charge is 2.68. The molecule has 0 spiro atoms. The maximum absolute atomic E-state index is 12.6. The molecule has 2 aromatic heterocycles. The Labute approximate surface area is 219 Å². The summed E-state index contributed by atoms with van der Waals surface area (Å²) in [6.45, 7) is 8.69. The quantitative estimate of drug-likeness (QED) is 0.338. The molecule has 6 N–H and O–H groups in total. The van der Waals surface area contributed by atoms with E-state index in [0.717, 1.165) is 0 Å². The van der Waals surface area contributed by atoms with Crippen LogP contribution in [0.25, 0.3) is 5.52 Å². The van der Waals surface area contributed by atoms with Crippen LogP contribution in [0.15, 0.2) is 18.5 Å². The van der Waals surface area contributed by atoms with Gasteiger partial charge in [-0.3, -0.25) is 14.4 Å². The van der Waals surface area contributed by atoms with E-state index in [9.17, 15) is 29.9 Å². The van der Waals surface area contributed by atoms with Crippen LogP contribution in [0.2, 0.25) is 0 Å². The molecule has 1 fully saturated rings. The summed E-state index contributed by atoms with van der Waals surface area (Å²) < 4.78 is 13.1. The van der Waals surface area contributed by atoms with Crippen molar-refractivity contribution in [3.05, 3.63) is 24.2 Å². The molecule has 1 aliphatic rings. The Morgan fingerprint density at radius 2 is 1.82 bits per heavy atom. The number of carbonyl (C=O) groups is 3. The molecule has 13 heteroatoms. The van der Waals surface area contributed by atoms with Gasteiger partial charge in [-0.25, -0.2) is 9.50 Å². The highest BCUT2D eigenvalue weighted by molar-refractivity contribution is 5.78. The number of fused-ring (bicyclic) bond motifs is 1. The van der Waals surface area contributed by atoms with Crippen molar-refractivity contribution in [2.24, 2.45) is 34.3 Å². The lowest BCUT2D eigenvalue weighted by Crippen LogP contribution is -2.52. The monoisotopic (exact) mass is 530 g/mol. The number of carboxylic acid groups (broad SMARTS) is 2. The van der Waals surface area contributed by atoms with Gasteiger partial charge < -0.3 is 31.2 Å². The molecule has 5 atom stereocenters. The first-order chi connectivity index (χ1) is 17.5. The molecular formula is C25H34N6O7. The number of nitrogens with two attached hydrogens (primary N) is 2. The maximum atomic E-state index is 12.6. The van der Waals surface area contributed by atoms with E-state index in [1.807, 2.05) is 0 Å². The highest BCUT2D eigenvalue weighted by Crippen LogP contribution is 2.59. The summed E-state index contributed by atoms with van der Waals surface area (Å²) in [5, 5.41) is 35.4. The number of carbonyl (C=O) groups excluding carboxylic acids is 1. The number of ether oxygens (including phenoxy) is 2. The van der Waals surface area contributed by atoms with E-state index in [4.69, 9.17) is 20.9 Å². The van der Waals surface area contributed by atoms with Crippen LogP contribution in [0.1, 0.15) is 47.2 Å². The lowest BCUT2D eigenvalue weighted by molar-refractivity contribution is -0.161. The smallest absolute Gasteiger partial charge is 0.323 e. The zero-order chi connectivity index (χ0) is 28.8. The average molecular weight is 531 g/mol. The summed E-state index contributed by atoms with van der Waals surface area (Å²) in [6.07, 6.45) is -0.00791. The van der Waals surface area contributed by atoms with Gasteiger partial charge in [-0.15, -0.1) is 0 Å². The number of hydrogen-bond donors (Lipinski definition) is 4. The molecule has 38 heavy (non-hydrogen) atoms. The second-order valence-electron chi connectivity index (χ2n) is 11.1. The van der Waals surface area contributed by atoms with E-state index >= 15 is 0 Å². The van der Waals surface area contributed by atoms with Gasteiger partial charge in [0.2, 0.25) is 5.60 Å². The average Bonchev–Trinajstić information content (AvgIpc) is 3.43. The predicted molar refractivity (Wildman–Crippen MR) is 133 cm³/mol. The lowest BCUT2D eigenvalue weighted by atomic mass is 9.57. The second-order valence-corrected chi connectivity index (χ2v) is 11.1. The van der Waals surface area contributed by atoms with Crippen LogP contribution in [-0.2, 0) is 29.5 Å². The third-order valence-electron chi connectivity index (χ3n) is 7.66. The molecule has 13 nitrogen and oxygen atoms in total. The number of aliphatic carboxylic acids is 2. The van der Waals surface area contributed by atoms with E-state index in [1.165, 1.54) is 44.6 Å². The Bertz CT molecular complexity index is 1300. The molecule has 0 amide bonds. The number of carboxylic acids is 2. The van der Waals surface area contributed by atoms with Gasteiger partial charge in [-0.05, 0) is 45.7 Å². The van der Waals surface area contributed by atoms with Crippen LogP contribution >= 0.6 is 0 Å². The fourth-order valence-electron chi connectivity index (χ4n) is 5.24. The van der Waals surface area contributed by atoms with Crippen LogP contribution in [-0.4, -0.2) is 61.5 Å². The van der Waals surface area contributed by atoms with Gasteiger partial charge in [-0.1, -0.05) is 13.8 Å². The second kappa shape index (κ2) is 9.85. The highest BCUT2D eigenvalue weighted by atomic mass is 16.6. The molecule has 0 saturated carbocycles. The molecule has 0 bridgehead atoms. The Kier molecular flexibility index (Phi) is 7.46. The molecule has 0 radical (unpaired) electrons. The van der Waals surface area contributed by atoms with Crippen molar-refractivity contribution in [1.29, 1.82) is 5.26 Å². The summed E-state index contributed by atoms with van der Waals surface area (Å²) in [5.74, 6) is -5.72. The topological polar surface area (TPSA) is 216 Å². The maximum Gasteiger partial charge on any atom is 0.323 e. The molecular weight excluding hydrogens is 496 g/mol. The fraction of sp³-hybridized carbons (Fsp3) is 0.600. The summed E-state index contributed by atoms with van der Waals surface area (Å²) in [7, 11) is 0. The van der Waals surface area contributed by atoms with Crippen molar-refractivity contribution in [1.82, 2.24) is 14.6 Å². The van der Waals surface area contributed by atoms with Crippen LogP contribution in [0.5, 0.6) is 0 Å². The van der Waals surface area contributed by atoms with Crippen molar-refractivity contribution < 1.29 is 34.1 Å². The van der Waals surface area contributed by atoms with Gasteiger partial charge in [0, 0.05) is 11.8 Å². The molecule has 0 aromatic carbocycles. The third kappa shape index (κ3) is 4.43. The Balaban J connectivity index is 2.28. The number of anilines is 1. The van der Waals surface area contributed by atoms with Crippen LogP contribution < -0.4 is 11.5 Å². The minimum Gasteiger partial charge on any atom is -0.481 e. The Morgan fingerprint density at radius 3 is 2.34 bits per heavy atom. The minimum absolute atomic E-state index is 0.113. The molecule has 0 unspecified atom stereocenters. The van der Waals surface area contributed by atoms with Crippen molar-refractivity contribution in [3.63, 3.8) is 0 Å². The molecule has 1 aliphatic heterocycles. The largest absolute Gasteiger partial charge is 0.481 e. The van der Waals surface area contributed by atoms with Crippen molar-refractivity contribution in [3.8, 4) is 6.07 Å². The standard InChI is InChI=1S/C25H34N6O7/c1-12(2)17(27)20(32)37-9-14-16(23(3,4)21(33)34)18(24(5,6)22(35)36)25(10-26,38-14)15-8-7-13-19(28)29-11-30-31(13)15/h7-8,11-12,14,16-18H,9,27H2,1-6H3,(H,33,34)(H,35,36)(H2,28,29,30)/t14-,16+,17-,18+,25-/m0/s1. The zero-order valence-corrected chi connectivity index (χ0v) is 22.2. The van der Waals surface area contributed by atoms with Crippen LogP contribution in [0.4, 0.5) is 5.82 Å². The Morgan fingerprint density at radius 1 is 1.21 bits per heavy atom. The van der Waals surface area contributed by atoms with Crippen molar-refractivity contribution >= 4 is 29.2 Å². The first kappa shape index (κ1) is 28.8. The van der Waals surface area contributed by atoms with E-state index in [0.29, 0.717) is 5.52 Å². The molecule has 3 heterocycles. The first-order valence-electron chi connectivity index (χ1n) is 12.1. The number of nitrogen functional groups attached to an aromatic ring is 1. The molecule has 206 valence electrons. The molecule has 3 rings (SSSR count). The van der Waals surface area contributed by atoms with Crippen molar-refractivity contribution in [2.75, 3.05) is 12.3 Å². The van der Waals surface area contributed by atoms with E-state index in [-0.39, 0.29) is 17.4 Å². The lowest BCUT2D eigenvalue weighted by Gasteiger charge is -2.42. The zero-order valence-electron chi connectivity index (χ0n) is 22.2. The van der Waals surface area contributed by atoms with Gasteiger partial charge in [0.25, 0.3) is 0 Å². The van der Waals surface area contributed by atoms with E-state index in [2.05, 4.69) is 16.2 Å². The minimum atomic E-state index is -2.02. The number of nitrogens with zero attached hydrogens (tertiary/aromatic N) is 4. The summed E-state index contributed by atoms with van der Waals surface area (Å²) >= 11 is 0. The number of nitriles is 1. The third-order valence-corrected chi connectivity index (χ3v) is 7.66. The number of aromatic nitrogens is 3. The summed E-state index contributed by atoms with van der Waals surface area (Å²) in [6, 6.07) is 4.27. The molecule has 2 aromatic rings. The van der Waals surface area contributed by atoms with Gasteiger partial charge in [-0.2, -0.15) is 10.4 Å². The number of hydrogen-bond acceptors (Lipinski definition) is 10. The first-order valence-corrected chi connectivity index (χ1v) is 12.1. The van der Waals surface area contributed by atoms with Gasteiger partial charge >= 0.3 is 17.9 Å². The number of esters is 1. The van der Waals surface area contributed by atoms with E-state index < -0.39 is 64.9 Å².